The molecule has 0 aliphatic carbocycles. The molecule has 0 saturated carbocycles. The molecule has 0 spiro atoms. The van der Waals surface area contributed by atoms with Crippen molar-refractivity contribution in [2.24, 2.45) is 17.3 Å². The molecule has 1 heterocycles. The SMILES string of the molecule is Cn1[nH]c(C(C)(C)C)c(N=Nc2cc([N+](=O)[O-])ccc2O)c1=O. The maximum atomic E-state index is 12.1. The minimum atomic E-state index is -0.603. The van der Waals surface area contributed by atoms with Crippen LogP contribution in [0.2, 0.25) is 0 Å². The number of phenols is 1. The van der Waals surface area contributed by atoms with Crippen LogP contribution in [0.4, 0.5) is 17.1 Å². The summed E-state index contributed by atoms with van der Waals surface area (Å²) in [5.74, 6) is -0.260. The van der Waals surface area contributed by atoms with Crippen molar-refractivity contribution in [2.45, 2.75) is 26.2 Å². The summed E-state index contributed by atoms with van der Waals surface area (Å²) in [7, 11) is 1.56. The highest BCUT2D eigenvalue weighted by Gasteiger charge is 2.24. The highest BCUT2D eigenvalue weighted by Crippen LogP contribution is 2.33. The zero-order valence-electron chi connectivity index (χ0n) is 13.2. The summed E-state index contributed by atoms with van der Waals surface area (Å²) in [6.07, 6.45) is 0. The van der Waals surface area contributed by atoms with Gasteiger partial charge in [-0.05, 0) is 6.07 Å². The van der Waals surface area contributed by atoms with Crippen molar-refractivity contribution in [1.82, 2.24) is 9.78 Å². The highest BCUT2D eigenvalue weighted by atomic mass is 16.6. The van der Waals surface area contributed by atoms with Crippen molar-refractivity contribution in [1.29, 1.82) is 0 Å². The molecule has 2 N–H and O–H groups in total. The standard InChI is InChI=1S/C14H17N5O4/c1-14(2,3)12-11(13(21)18(4)17-12)16-15-9-7-8(19(22)23)5-6-10(9)20/h5-7,17,20H,1-4H3. The molecule has 23 heavy (non-hydrogen) atoms. The van der Waals surface area contributed by atoms with Gasteiger partial charge < -0.3 is 5.11 Å². The number of hydrogen-bond donors (Lipinski definition) is 2. The normalized spacial score (nSPS) is 12.0. The highest BCUT2D eigenvalue weighted by molar-refractivity contribution is 5.57. The summed E-state index contributed by atoms with van der Waals surface area (Å²) in [6.45, 7) is 5.71. The molecule has 122 valence electrons. The van der Waals surface area contributed by atoms with Crippen molar-refractivity contribution >= 4 is 17.1 Å². The molecule has 0 unspecified atom stereocenters. The Morgan fingerprint density at radius 3 is 2.52 bits per heavy atom. The number of nitro benzene ring substituents is 1. The number of nitro groups is 1. The van der Waals surface area contributed by atoms with Crippen LogP contribution in [0.15, 0.2) is 33.2 Å². The van der Waals surface area contributed by atoms with Gasteiger partial charge >= 0.3 is 0 Å². The number of aryl methyl sites for hydroxylation is 1. The fourth-order valence-electron chi connectivity index (χ4n) is 1.96. The first kappa shape index (κ1) is 16.4. The number of aromatic hydroxyl groups is 1. The van der Waals surface area contributed by atoms with Crippen molar-refractivity contribution in [3.05, 3.63) is 44.4 Å². The third-order valence-corrected chi connectivity index (χ3v) is 3.20. The minimum Gasteiger partial charge on any atom is -0.506 e. The first-order valence-electron chi connectivity index (χ1n) is 6.80. The molecule has 0 aliphatic rings. The fraction of sp³-hybridized carbons (Fsp3) is 0.357. The maximum Gasteiger partial charge on any atom is 0.294 e. The summed E-state index contributed by atoms with van der Waals surface area (Å²) in [6, 6.07) is 3.41. The molecule has 1 aromatic carbocycles. The number of benzene rings is 1. The Hall–Kier alpha value is -2.97. The van der Waals surface area contributed by atoms with Gasteiger partial charge in [-0.2, -0.15) is 0 Å². The number of phenolic OH excluding ortho intramolecular Hbond substituents is 1. The smallest absolute Gasteiger partial charge is 0.294 e. The number of nitrogens with one attached hydrogen (secondary N) is 1. The molecule has 2 rings (SSSR count). The van der Waals surface area contributed by atoms with E-state index in [9.17, 15) is 20.0 Å². The van der Waals surface area contributed by atoms with Gasteiger partial charge in [-0.25, -0.2) is 0 Å². The number of aromatic nitrogens is 2. The number of hydrogen-bond acceptors (Lipinski definition) is 6. The van der Waals surface area contributed by atoms with E-state index >= 15 is 0 Å². The molecule has 0 bridgehead atoms. The fourth-order valence-corrected chi connectivity index (χ4v) is 1.96. The van der Waals surface area contributed by atoms with Gasteiger partial charge in [-0.3, -0.25) is 24.7 Å². The second-order valence-electron chi connectivity index (χ2n) is 6.08. The lowest BCUT2D eigenvalue weighted by molar-refractivity contribution is -0.384. The van der Waals surface area contributed by atoms with Crippen LogP contribution in [0.1, 0.15) is 26.5 Å². The van der Waals surface area contributed by atoms with Gasteiger partial charge in [0.2, 0.25) is 0 Å². The van der Waals surface area contributed by atoms with Crippen LogP contribution < -0.4 is 5.56 Å². The van der Waals surface area contributed by atoms with E-state index in [0.29, 0.717) is 5.69 Å². The van der Waals surface area contributed by atoms with Gasteiger partial charge in [0.25, 0.3) is 11.2 Å². The molecule has 0 saturated heterocycles. The number of H-pyrrole nitrogens is 1. The van der Waals surface area contributed by atoms with E-state index < -0.39 is 4.92 Å². The molecule has 0 radical (unpaired) electrons. The number of azo groups is 1. The lowest BCUT2D eigenvalue weighted by atomic mass is 9.91. The van der Waals surface area contributed by atoms with Gasteiger partial charge in [0.05, 0.1) is 10.6 Å². The number of rotatable bonds is 3. The van der Waals surface area contributed by atoms with Crippen LogP contribution in [0, 0.1) is 10.1 Å². The van der Waals surface area contributed by atoms with Crippen LogP contribution in [0.25, 0.3) is 0 Å². The Labute approximate surface area is 131 Å². The number of non-ortho nitro benzene ring substituents is 1. The number of nitrogens with zero attached hydrogens (tertiary/aromatic N) is 4. The predicted octanol–water partition coefficient (Wildman–Crippen LogP) is 3.04. The minimum absolute atomic E-state index is 0.0812. The summed E-state index contributed by atoms with van der Waals surface area (Å²) < 4.78 is 1.28. The molecular weight excluding hydrogens is 302 g/mol. The van der Waals surface area contributed by atoms with Gasteiger partial charge in [-0.15, -0.1) is 10.2 Å². The lowest BCUT2D eigenvalue weighted by Gasteiger charge is -2.16. The first-order chi connectivity index (χ1) is 10.6. The third-order valence-electron chi connectivity index (χ3n) is 3.20. The Kier molecular flexibility index (Phi) is 4.04. The Bertz CT molecular complexity index is 842. The van der Waals surface area contributed by atoms with Crippen LogP contribution in [0.3, 0.4) is 0 Å². The second kappa shape index (κ2) is 5.67. The summed E-state index contributed by atoms with van der Waals surface area (Å²) in [4.78, 5) is 22.3. The Morgan fingerprint density at radius 1 is 1.30 bits per heavy atom. The van der Waals surface area contributed by atoms with Gasteiger partial charge in [-0.1, -0.05) is 20.8 Å². The second-order valence-corrected chi connectivity index (χ2v) is 6.08. The molecule has 0 amide bonds. The Morgan fingerprint density at radius 2 is 1.96 bits per heavy atom. The lowest BCUT2D eigenvalue weighted by Crippen LogP contribution is -2.12. The summed E-state index contributed by atoms with van der Waals surface area (Å²) >= 11 is 0. The zero-order valence-corrected chi connectivity index (χ0v) is 13.2. The van der Waals surface area contributed by atoms with E-state index in [4.69, 9.17) is 0 Å². The van der Waals surface area contributed by atoms with Gasteiger partial charge in [0, 0.05) is 24.6 Å². The molecule has 0 aliphatic heterocycles. The monoisotopic (exact) mass is 319 g/mol. The zero-order chi connectivity index (χ0) is 17.4. The molecular formula is C14H17N5O4. The van der Waals surface area contributed by atoms with Gasteiger partial charge in [0.15, 0.2) is 5.69 Å². The van der Waals surface area contributed by atoms with E-state index in [1.165, 1.54) is 4.68 Å². The molecule has 9 heteroatoms. The van der Waals surface area contributed by atoms with Crippen LogP contribution in [-0.4, -0.2) is 19.8 Å². The summed E-state index contributed by atoms with van der Waals surface area (Å²) in [5, 5.41) is 31.1. The quantitative estimate of drug-likeness (QED) is 0.512. The molecule has 1 aromatic heterocycles. The van der Waals surface area contributed by atoms with Crippen molar-refractivity contribution < 1.29 is 10.0 Å². The first-order valence-corrected chi connectivity index (χ1v) is 6.80. The average molecular weight is 319 g/mol. The summed E-state index contributed by atoms with van der Waals surface area (Å²) in [5.41, 5.74) is -0.371. The van der Waals surface area contributed by atoms with Crippen LogP contribution in [0.5, 0.6) is 5.75 Å². The van der Waals surface area contributed by atoms with Crippen LogP contribution in [-0.2, 0) is 12.5 Å². The predicted molar refractivity (Wildman–Crippen MR) is 83.7 cm³/mol. The van der Waals surface area contributed by atoms with Crippen molar-refractivity contribution in [3.8, 4) is 5.75 Å². The van der Waals surface area contributed by atoms with Crippen molar-refractivity contribution in [3.63, 3.8) is 0 Å². The molecule has 9 nitrogen and oxygen atoms in total. The van der Waals surface area contributed by atoms with Crippen molar-refractivity contribution in [2.75, 3.05) is 0 Å². The van der Waals surface area contributed by atoms with E-state index in [0.717, 1.165) is 18.2 Å². The molecule has 0 fully saturated rings. The third kappa shape index (κ3) is 3.28. The number of aromatic amines is 1. The van der Waals surface area contributed by atoms with Gasteiger partial charge in [0.1, 0.15) is 11.4 Å². The molecule has 2 aromatic rings. The van der Waals surface area contributed by atoms with E-state index in [1.54, 1.807) is 7.05 Å². The maximum absolute atomic E-state index is 12.1. The molecule has 0 atom stereocenters. The Balaban J connectivity index is 2.52. The van der Waals surface area contributed by atoms with E-state index in [1.807, 2.05) is 20.8 Å². The largest absolute Gasteiger partial charge is 0.506 e. The van der Waals surface area contributed by atoms with E-state index in [2.05, 4.69) is 15.3 Å². The van der Waals surface area contributed by atoms with E-state index in [-0.39, 0.29) is 33.8 Å². The topological polar surface area (TPSA) is 126 Å². The average Bonchev–Trinajstić information content (AvgIpc) is 2.74. The van der Waals surface area contributed by atoms with Crippen LogP contribution >= 0.6 is 0 Å².